The SMILES string of the molecule is COC(=O)C=C1C(=O)N(C2CCN(C3CCC(C(C)C)CC3)CC2)c2ccccc21. The largest absolute Gasteiger partial charge is 0.466 e. The summed E-state index contributed by atoms with van der Waals surface area (Å²) in [4.78, 5) is 29.6. The van der Waals surface area contributed by atoms with E-state index in [1.165, 1.54) is 38.9 Å². The number of hydrogen-bond donors (Lipinski definition) is 0. The van der Waals surface area contributed by atoms with Gasteiger partial charge in [-0.05, 0) is 56.4 Å². The summed E-state index contributed by atoms with van der Waals surface area (Å²) in [6.45, 7) is 6.79. The molecular formula is C25H34N2O3. The van der Waals surface area contributed by atoms with E-state index in [-0.39, 0.29) is 11.9 Å². The number of hydrogen-bond acceptors (Lipinski definition) is 4. The maximum Gasteiger partial charge on any atom is 0.331 e. The lowest BCUT2D eigenvalue weighted by atomic mass is 9.79. The zero-order chi connectivity index (χ0) is 21.3. The first-order valence-electron chi connectivity index (χ1n) is 11.5. The van der Waals surface area contributed by atoms with Crippen molar-refractivity contribution < 1.29 is 14.3 Å². The highest BCUT2D eigenvalue weighted by atomic mass is 16.5. The second kappa shape index (κ2) is 8.93. The first-order valence-corrected chi connectivity index (χ1v) is 11.5. The van der Waals surface area contributed by atoms with Crippen LogP contribution in [-0.4, -0.2) is 49.1 Å². The molecule has 1 saturated heterocycles. The smallest absolute Gasteiger partial charge is 0.331 e. The number of nitrogens with zero attached hydrogens (tertiary/aromatic N) is 2. The van der Waals surface area contributed by atoms with Crippen molar-refractivity contribution >= 4 is 23.1 Å². The molecule has 1 aliphatic carbocycles. The Morgan fingerprint density at radius 3 is 2.33 bits per heavy atom. The number of carbonyl (C=O) groups excluding carboxylic acids is 2. The standard InChI is InChI=1S/C25H34N2O3/c1-17(2)18-8-10-19(11-9-18)26-14-12-20(13-15-26)27-23-7-5-4-6-21(23)22(25(27)29)16-24(28)30-3/h4-7,16-20H,8-15H2,1-3H3. The topological polar surface area (TPSA) is 49.9 Å². The minimum absolute atomic E-state index is 0.0718. The van der Waals surface area contributed by atoms with Crippen LogP contribution in [0.15, 0.2) is 30.3 Å². The Bertz CT molecular complexity index is 815. The van der Waals surface area contributed by atoms with Crippen LogP contribution in [0.2, 0.25) is 0 Å². The minimum atomic E-state index is -0.484. The Morgan fingerprint density at radius 2 is 1.70 bits per heavy atom. The molecule has 2 aliphatic heterocycles. The van der Waals surface area contributed by atoms with E-state index in [0.717, 1.165) is 49.0 Å². The summed E-state index contributed by atoms with van der Waals surface area (Å²) in [5, 5.41) is 0. The van der Waals surface area contributed by atoms with Gasteiger partial charge in [0.05, 0.1) is 18.4 Å². The lowest BCUT2D eigenvalue weighted by Gasteiger charge is -2.43. The minimum Gasteiger partial charge on any atom is -0.466 e. The van der Waals surface area contributed by atoms with E-state index < -0.39 is 5.97 Å². The second-order valence-corrected chi connectivity index (χ2v) is 9.35. The van der Waals surface area contributed by atoms with Gasteiger partial charge in [0.1, 0.15) is 0 Å². The molecule has 0 bridgehead atoms. The Morgan fingerprint density at radius 1 is 1.03 bits per heavy atom. The van der Waals surface area contributed by atoms with Gasteiger partial charge < -0.3 is 14.5 Å². The van der Waals surface area contributed by atoms with Gasteiger partial charge in [0.25, 0.3) is 5.91 Å². The highest BCUT2D eigenvalue weighted by molar-refractivity contribution is 6.34. The third-order valence-corrected chi connectivity index (χ3v) is 7.43. The highest BCUT2D eigenvalue weighted by Crippen LogP contribution is 2.40. The van der Waals surface area contributed by atoms with Crippen LogP contribution in [-0.2, 0) is 14.3 Å². The predicted octanol–water partition coefficient (Wildman–Crippen LogP) is 4.27. The Labute approximate surface area is 180 Å². The van der Waals surface area contributed by atoms with Gasteiger partial charge >= 0.3 is 5.97 Å². The number of benzene rings is 1. The third kappa shape index (κ3) is 4.04. The second-order valence-electron chi connectivity index (χ2n) is 9.35. The maximum absolute atomic E-state index is 13.2. The van der Waals surface area contributed by atoms with E-state index in [2.05, 4.69) is 18.7 Å². The number of ether oxygens (including phenoxy) is 1. The summed E-state index contributed by atoms with van der Waals surface area (Å²) in [7, 11) is 1.34. The molecule has 0 radical (unpaired) electrons. The van der Waals surface area contributed by atoms with Crippen LogP contribution in [0.5, 0.6) is 0 Å². The van der Waals surface area contributed by atoms with Crippen LogP contribution >= 0.6 is 0 Å². The van der Waals surface area contributed by atoms with Crippen LogP contribution < -0.4 is 4.90 Å². The van der Waals surface area contributed by atoms with Crippen LogP contribution in [0.3, 0.4) is 0 Å². The summed E-state index contributed by atoms with van der Waals surface area (Å²) in [5.41, 5.74) is 2.21. The third-order valence-electron chi connectivity index (χ3n) is 7.43. The fourth-order valence-corrected chi connectivity index (χ4v) is 5.59. The van der Waals surface area contributed by atoms with Gasteiger partial charge in [-0.25, -0.2) is 4.79 Å². The number of likely N-dealkylation sites (tertiary alicyclic amines) is 1. The van der Waals surface area contributed by atoms with Crippen molar-refractivity contribution in [3.8, 4) is 0 Å². The van der Waals surface area contributed by atoms with Crippen molar-refractivity contribution in [2.75, 3.05) is 25.1 Å². The number of fused-ring (bicyclic) bond motifs is 1. The first kappa shape index (κ1) is 21.1. The number of piperidine rings is 1. The van der Waals surface area contributed by atoms with Gasteiger partial charge in [-0.2, -0.15) is 0 Å². The Balaban J connectivity index is 1.43. The van der Waals surface area contributed by atoms with Crippen LogP contribution in [0.25, 0.3) is 5.57 Å². The fraction of sp³-hybridized carbons (Fsp3) is 0.600. The molecular weight excluding hydrogens is 376 g/mol. The molecule has 30 heavy (non-hydrogen) atoms. The van der Waals surface area contributed by atoms with E-state index in [0.29, 0.717) is 11.6 Å². The molecule has 5 nitrogen and oxygen atoms in total. The molecule has 2 fully saturated rings. The molecule has 5 heteroatoms. The number of amides is 1. The molecule has 0 spiro atoms. The summed E-state index contributed by atoms with van der Waals surface area (Å²) >= 11 is 0. The highest BCUT2D eigenvalue weighted by Gasteiger charge is 2.39. The fourth-order valence-electron chi connectivity index (χ4n) is 5.59. The lowest BCUT2D eigenvalue weighted by Crippen LogP contribution is -2.49. The molecule has 2 heterocycles. The Hall–Kier alpha value is -2.14. The molecule has 0 aromatic heterocycles. The first-order chi connectivity index (χ1) is 14.5. The summed E-state index contributed by atoms with van der Waals surface area (Å²) in [5.74, 6) is 1.13. The van der Waals surface area contributed by atoms with Crippen LogP contribution in [0.1, 0.15) is 57.9 Å². The molecule has 1 aromatic rings. The molecule has 1 amide bonds. The number of esters is 1. The molecule has 0 atom stereocenters. The number of para-hydroxylation sites is 1. The molecule has 3 aliphatic rings. The number of methoxy groups -OCH3 is 1. The zero-order valence-corrected chi connectivity index (χ0v) is 18.5. The predicted molar refractivity (Wildman–Crippen MR) is 119 cm³/mol. The van der Waals surface area contributed by atoms with Gasteiger partial charge in [-0.1, -0.05) is 32.0 Å². The van der Waals surface area contributed by atoms with Crippen molar-refractivity contribution in [2.24, 2.45) is 11.8 Å². The van der Waals surface area contributed by atoms with Gasteiger partial charge in [-0.3, -0.25) is 4.79 Å². The molecule has 4 rings (SSSR count). The quantitative estimate of drug-likeness (QED) is 0.549. The van der Waals surface area contributed by atoms with E-state index in [4.69, 9.17) is 4.74 Å². The van der Waals surface area contributed by atoms with E-state index in [1.807, 2.05) is 29.2 Å². The monoisotopic (exact) mass is 410 g/mol. The number of anilines is 1. The normalized spacial score (nSPS) is 27.0. The van der Waals surface area contributed by atoms with Gasteiger partial charge in [0.2, 0.25) is 0 Å². The molecule has 1 saturated carbocycles. The van der Waals surface area contributed by atoms with Gasteiger partial charge in [-0.15, -0.1) is 0 Å². The molecule has 1 aromatic carbocycles. The van der Waals surface area contributed by atoms with Crippen molar-refractivity contribution in [3.63, 3.8) is 0 Å². The average molecular weight is 411 g/mol. The van der Waals surface area contributed by atoms with Crippen molar-refractivity contribution in [1.29, 1.82) is 0 Å². The van der Waals surface area contributed by atoms with E-state index in [1.54, 1.807) is 0 Å². The van der Waals surface area contributed by atoms with Crippen LogP contribution in [0, 0.1) is 11.8 Å². The summed E-state index contributed by atoms with van der Waals surface area (Å²) in [6.07, 6.45) is 8.62. The molecule has 0 unspecified atom stereocenters. The number of carbonyl (C=O) groups is 2. The van der Waals surface area contributed by atoms with E-state index >= 15 is 0 Å². The zero-order valence-electron chi connectivity index (χ0n) is 18.5. The van der Waals surface area contributed by atoms with E-state index in [9.17, 15) is 9.59 Å². The molecule has 162 valence electrons. The van der Waals surface area contributed by atoms with Crippen molar-refractivity contribution in [3.05, 3.63) is 35.9 Å². The summed E-state index contributed by atoms with van der Waals surface area (Å²) < 4.78 is 4.77. The van der Waals surface area contributed by atoms with Gasteiger partial charge in [0.15, 0.2) is 0 Å². The van der Waals surface area contributed by atoms with Gasteiger partial charge in [0, 0.05) is 36.8 Å². The molecule has 0 N–H and O–H groups in total. The van der Waals surface area contributed by atoms with Crippen molar-refractivity contribution in [1.82, 2.24) is 4.90 Å². The number of rotatable bonds is 4. The average Bonchev–Trinajstić information content (AvgIpc) is 3.05. The maximum atomic E-state index is 13.2. The van der Waals surface area contributed by atoms with Crippen LogP contribution in [0.4, 0.5) is 5.69 Å². The lowest BCUT2D eigenvalue weighted by molar-refractivity contribution is -0.135. The van der Waals surface area contributed by atoms with Crippen molar-refractivity contribution in [2.45, 2.75) is 64.5 Å². The Kier molecular flexibility index (Phi) is 6.28. The summed E-state index contributed by atoms with van der Waals surface area (Å²) in [6, 6.07) is 8.68.